The lowest BCUT2D eigenvalue weighted by atomic mass is 10.2. The fourth-order valence-corrected chi connectivity index (χ4v) is 4.22. The summed E-state index contributed by atoms with van der Waals surface area (Å²) in [5.74, 6) is 0. The molecule has 6 heteroatoms. The molecule has 0 amide bonds. The van der Waals surface area contributed by atoms with Gasteiger partial charge in [0, 0.05) is 22.5 Å². The van der Waals surface area contributed by atoms with Gasteiger partial charge in [-0.05, 0) is 40.5 Å². The van der Waals surface area contributed by atoms with Crippen LogP contribution >= 0.6 is 31.9 Å². The Morgan fingerprint density at radius 3 is 2.50 bits per heavy atom. The van der Waals surface area contributed by atoms with E-state index < -0.39 is 10.0 Å². The van der Waals surface area contributed by atoms with Crippen molar-refractivity contribution in [3.05, 3.63) is 27.1 Å². The number of hydrogen-bond acceptors (Lipinski definition) is 2. The molecule has 0 aliphatic heterocycles. The lowest BCUT2D eigenvalue weighted by Gasteiger charge is -2.18. The Bertz CT molecular complexity index is 503. The van der Waals surface area contributed by atoms with Gasteiger partial charge in [-0.2, -0.15) is 0 Å². The summed E-state index contributed by atoms with van der Waals surface area (Å²) < 4.78 is 27.5. The average Bonchev–Trinajstić information content (AvgIpc) is 2.32. The molecule has 0 radical (unpaired) electrons. The van der Waals surface area contributed by atoms with Crippen molar-refractivity contribution in [1.29, 1.82) is 0 Å². The molecule has 0 heterocycles. The second-order valence-corrected chi connectivity index (χ2v) is 7.89. The molecule has 18 heavy (non-hydrogen) atoms. The zero-order valence-corrected chi connectivity index (χ0v) is 14.5. The van der Waals surface area contributed by atoms with Crippen molar-refractivity contribution in [2.24, 2.45) is 0 Å². The van der Waals surface area contributed by atoms with Gasteiger partial charge in [-0.3, -0.25) is 0 Å². The molecule has 0 N–H and O–H groups in total. The van der Waals surface area contributed by atoms with Crippen molar-refractivity contribution in [2.75, 3.05) is 13.6 Å². The SMILES string of the molecule is CCCCCN(C)S(=O)(=O)c1cc(Br)ccc1Br. The van der Waals surface area contributed by atoms with E-state index in [0.717, 1.165) is 23.7 Å². The van der Waals surface area contributed by atoms with Gasteiger partial charge in [-0.25, -0.2) is 12.7 Å². The molecule has 0 spiro atoms. The van der Waals surface area contributed by atoms with Crippen LogP contribution in [-0.2, 0) is 10.0 Å². The zero-order chi connectivity index (χ0) is 13.8. The van der Waals surface area contributed by atoms with Gasteiger partial charge in [-0.1, -0.05) is 35.7 Å². The van der Waals surface area contributed by atoms with Crippen LogP contribution in [0, 0.1) is 0 Å². The van der Waals surface area contributed by atoms with E-state index in [0.29, 0.717) is 15.9 Å². The van der Waals surface area contributed by atoms with Gasteiger partial charge in [0.15, 0.2) is 0 Å². The summed E-state index contributed by atoms with van der Waals surface area (Å²) >= 11 is 6.59. The fourth-order valence-electron chi connectivity index (χ4n) is 1.55. The van der Waals surface area contributed by atoms with E-state index in [1.54, 1.807) is 25.2 Å². The molecule has 0 saturated heterocycles. The van der Waals surface area contributed by atoms with Crippen molar-refractivity contribution < 1.29 is 8.42 Å². The smallest absolute Gasteiger partial charge is 0.207 e. The lowest BCUT2D eigenvalue weighted by Crippen LogP contribution is -2.28. The maximum Gasteiger partial charge on any atom is 0.243 e. The summed E-state index contributed by atoms with van der Waals surface area (Å²) in [4.78, 5) is 0.302. The van der Waals surface area contributed by atoms with Crippen LogP contribution < -0.4 is 0 Å². The molecule has 0 unspecified atom stereocenters. The largest absolute Gasteiger partial charge is 0.243 e. The third-order valence-corrected chi connectivity index (χ3v) is 6.00. The number of benzene rings is 1. The normalized spacial score (nSPS) is 12.1. The van der Waals surface area contributed by atoms with Crippen LogP contribution in [0.3, 0.4) is 0 Å². The summed E-state index contributed by atoms with van der Waals surface area (Å²) in [6, 6.07) is 5.16. The van der Waals surface area contributed by atoms with Gasteiger partial charge < -0.3 is 0 Å². The molecule has 1 aromatic rings. The second kappa shape index (κ2) is 7.03. The van der Waals surface area contributed by atoms with Crippen LogP contribution in [0.1, 0.15) is 26.2 Å². The Balaban J connectivity index is 2.95. The van der Waals surface area contributed by atoms with Crippen LogP contribution in [0.2, 0.25) is 0 Å². The fraction of sp³-hybridized carbons (Fsp3) is 0.500. The quantitative estimate of drug-likeness (QED) is 0.678. The maximum absolute atomic E-state index is 12.4. The summed E-state index contributed by atoms with van der Waals surface area (Å²) in [5.41, 5.74) is 0. The Hall–Kier alpha value is 0.0900. The maximum atomic E-state index is 12.4. The van der Waals surface area contributed by atoms with Gasteiger partial charge >= 0.3 is 0 Å². The molecule has 1 aromatic carbocycles. The first-order valence-electron chi connectivity index (χ1n) is 5.81. The van der Waals surface area contributed by atoms with Gasteiger partial charge in [0.25, 0.3) is 0 Å². The Labute approximate surface area is 126 Å². The summed E-state index contributed by atoms with van der Waals surface area (Å²) in [6.07, 6.45) is 3.01. The summed E-state index contributed by atoms with van der Waals surface area (Å²) in [6.45, 7) is 2.65. The average molecular weight is 399 g/mol. The van der Waals surface area contributed by atoms with Gasteiger partial charge in [0.2, 0.25) is 10.0 Å². The Kier molecular flexibility index (Phi) is 6.30. The third-order valence-electron chi connectivity index (χ3n) is 2.66. The highest BCUT2D eigenvalue weighted by Gasteiger charge is 2.23. The zero-order valence-electron chi connectivity index (χ0n) is 10.5. The minimum Gasteiger partial charge on any atom is -0.207 e. The Morgan fingerprint density at radius 2 is 1.89 bits per heavy atom. The standard InChI is InChI=1S/C12H17Br2NO2S/c1-3-4-5-8-15(2)18(16,17)12-9-10(13)6-7-11(12)14/h6-7,9H,3-5,8H2,1-2H3. The van der Waals surface area contributed by atoms with E-state index in [4.69, 9.17) is 0 Å². The van der Waals surface area contributed by atoms with Crippen molar-refractivity contribution in [2.45, 2.75) is 31.1 Å². The van der Waals surface area contributed by atoms with Crippen LogP contribution in [0.25, 0.3) is 0 Å². The monoisotopic (exact) mass is 397 g/mol. The topological polar surface area (TPSA) is 37.4 Å². The second-order valence-electron chi connectivity index (χ2n) is 4.11. The van der Waals surface area contributed by atoms with Gasteiger partial charge in [0.1, 0.15) is 0 Å². The highest BCUT2D eigenvalue weighted by atomic mass is 79.9. The lowest BCUT2D eigenvalue weighted by molar-refractivity contribution is 0.454. The number of halogens is 2. The summed E-state index contributed by atoms with van der Waals surface area (Å²) in [5, 5.41) is 0. The molecule has 0 fully saturated rings. The molecule has 102 valence electrons. The van der Waals surface area contributed by atoms with Gasteiger partial charge in [-0.15, -0.1) is 0 Å². The van der Waals surface area contributed by atoms with E-state index >= 15 is 0 Å². The Morgan fingerprint density at radius 1 is 1.22 bits per heavy atom. The van der Waals surface area contributed by atoms with E-state index in [-0.39, 0.29) is 0 Å². The minimum atomic E-state index is -3.42. The van der Waals surface area contributed by atoms with Crippen LogP contribution in [0.5, 0.6) is 0 Å². The van der Waals surface area contributed by atoms with Crippen molar-refractivity contribution in [3.63, 3.8) is 0 Å². The molecule has 0 aromatic heterocycles. The predicted octanol–water partition coefficient (Wildman–Crippen LogP) is 4.02. The van der Waals surface area contributed by atoms with E-state index in [1.165, 1.54) is 4.31 Å². The number of sulfonamides is 1. The first kappa shape index (κ1) is 16.1. The molecule has 3 nitrogen and oxygen atoms in total. The third kappa shape index (κ3) is 4.05. The van der Waals surface area contributed by atoms with Crippen molar-refractivity contribution >= 4 is 41.9 Å². The molecular formula is C12H17Br2NO2S. The number of unbranched alkanes of at least 4 members (excludes halogenated alkanes) is 2. The first-order chi connectivity index (χ1) is 8.39. The number of hydrogen-bond donors (Lipinski definition) is 0. The summed E-state index contributed by atoms with van der Waals surface area (Å²) in [7, 11) is -1.79. The molecular weight excluding hydrogens is 382 g/mol. The van der Waals surface area contributed by atoms with Crippen molar-refractivity contribution in [3.8, 4) is 0 Å². The molecule has 0 saturated carbocycles. The highest BCUT2D eigenvalue weighted by Crippen LogP contribution is 2.27. The molecule has 0 bridgehead atoms. The van der Waals surface area contributed by atoms with Crippen LogP contribution in [-0.4, -0.2) is 26.3 Å². The number of rotatable bonds is 6. The minimum absolute atomic E-state index is 0.302. The predicted molar refractivity (Wildman–Crippen MR) is 81.2 cm³/mol. The van der Waals surface area contributed by atoms with Crippen LogP contribution in [0.4, 0.5) is 0 Å². The molecule has 1 rings (SSSR count). The van der Waals surface area contributed by atoms with Crippen LogP contribution in [0.15, 0.2) is 32.0 Å². The van der Waals surface area contributed by atoms with E-state index in [1.807, 2.05) is 0 Å². The molecule has 0 atom stereocenters. The number of nitrogens with zero attached hydrogens (tertiary/aromatic N) is 1. The van der Waals surface area contributed by atoms with E-state index in [9.17, 15) is 8.42 Å². The van der Waals surface area contributed by atoms with Gasteiger partial charge in [0.05, 0.1) is 4.90 Å². The molecule has 0 aliphatic rings. The highest BCUT2D eigenvalue weighted by molar-refractivity contribution is 9.11. The first-order valence-corrected chi connectivity index (χ1v) is 8.83. The molecule has 0 aliphatic carbocycles. The van der Waals surface area contributed by atoms with E-state index in [2.05, 4.69) is 38.8 Å². The van der Waals surface area contributed by atoms with Crippen molar-refractivity contribution in [1.82, 2.24) is 4.31 Å².